The Kier molecular flexibility index (Phi) is 2.98. The third-order valence-electron chi connectivity index (χ3n) is 4.40. The second kappa shape index (κ2) is 4.63. The minimum atomic E-state index is -0.774. The highest BCUT2D eigenvalue weighted by Crippen LogP contribution is 2.45. The van der Waals surface area contributed by atoms with Gasteiger partial charge in [-0.3, -0.25) is 4.79 Å². The molecule has 1 aromatic carbocycles. The summed E-state index contributed by atoms with van der Waals surface area (Å²) >= 11 is 0. The van der Waals surface area contributed by atoms with Crippen molar-refractivity contribution in [1.82, 2.24) is 0 Å². The molecule has 0 saturated heterocycles. The van der Waals surface area contributed by atoms with Gasteiger partial charge in [-0.2, -0.15) is 0 Å². The number of hydrogen-bond donors (Lipinski definition) is 2. The van der Waals surface area contributed by atoms with Crippen molar-refractivity contribution in [2.75, 3.05) is 5.32 Å². The van der Waals surface area contributed by atoms with Gasteiger partial charge in [0.05, 0.1) is 6.42 Å². The molecular weight excluding hydrogens is 226 g/mol. The highest BCUT2D eigenvalue weighted by molar-refractivity contribution is 5.70. The van der Waals surface area contributed by atoms with Gasteiger partial charge >= 0.3 is 5.97 Å². The van der Waals surface area contributed by atoms with Gasteiger partial charge in [0.1, 0.15) is 0 Å². The van der Waals surface area contributed by atoms with Gasteiger partial charge in [-0.15, -0.1) is 0 Å². The molecule has 2 N–H and O–H groups in total. The van der Waals surface area contributed by atoms with Crippen molar-refractivity contribution < 1.29 is 9.90 Å². The second-order valence-corrected chi connectivity index (χ2v) is 5.69. The fourth-order valence-corrected chi connectivity index (χ4v) is 3.53. The van der Waals surface area contributed by atoms with E-state index in [1.165, 1.54) is 25.7 Å². The molecule has 3 rings (SSSR count). The average Bonchev–Trinajstić information content (AvgIpc) is 2.93. The lowest BCUT2D eigenvalue weighted by Gasteiger charge is -2.24. The maximum atomic E-state index is 10.6. The Balaban J connectivity index is 1.61. The summed E-state index contributed by atoms with van der Waals surface area (Å²) < 4.78 is 0. The zero-order valence-corrected chi connectivity index (χ0v) is 10.4. The summed E-state index contributed by atoms with van der Waals surface area (Å²) in [6.07, 6.45) is 5.60. The van der Waals surface area contributed by atoms with E-state index in [4.69, 9.17) is 5.11 Å². The molecule has 3 atom stereocenters. The van der Waals surface area contributed by atoms with Crippen molar-refractivity contribution in [3.63, 3.8) is 0 Å². The molecular formula is C15H19NO2. The Morgan fingerprint density at radius 1 is 1.22 bits per heavy atom. The minimum Gasteiger partial charge on any atom is -0.481 e. The number of hydrogen-bond acceptors (Lipinski definition) is 2. The maximum Gasteiger partial charge on any atom is 0.307 e. The summed E-state index contributed by atoms with van der Waals surface area (Å²) in [5.74, 6) is 1.02. The minimum absolute atomic E-state index is 0.106. The van der Waals surface area contributed by atoms with Gasteiger partial charge in [-0.05, 0) is 48.8 Å². The zero-order valence-electron chi connectivity index (χ0n) is 10.4. The van der Waals surface area contributed by atoms with Gasteiger partial charge in [0.25, 0.3) is 0 Å². The lowest BCUT2D eigenvalue weighted by atomic mass is 9.95. The molecule has 1 aromatic rings. The summed E-state index contributed by atoms with van der Waals surface area (Å²) in [7, 11) is 0. The van der Waals surface area contributed by atoms with E-state index in [1.54, 1.807) is 0 Å². The molecule has 2 fully saturated rings. The van der Waals surface area contributed by atoms with Crippen molar-refractivity contribution in [1.29, 1.82) is 0 Å². The second-order valence-electron chi connectivity index (χ2n) is 5.69. The van der Waals surface area contributed by atoms with Crippen molar-refractivity contribution in [3.05, 3.63) is 29.8 Å². The van der Waals surface area contributed by atoms with E-state index in [0.29, 0.717) is 6.04 Å². The summed E-state index contributed by atoms with van der Waals surface area (Å²) in [6, 6.07) is 8.45. The first-order valence-corrected chi connectivity index (χ1v) is 6.78. The lowest BCUT2D eigenvalue weighted by Crippen LogP contribution is -2.25. The van der Waals surface area contributed by atoms with E-state index >= 15 is 0 Å². The standard InChI is InChI=1S/C15H19NO2/c17-15(18)9-10-2-5-13(6-3-10)16-14-8-11-1-4-12(14)7-11/h2-3,5-6,11-12,14,16H,1,4,7-9H2,(H,17,18). The maximum absolute atomic E-state index is 10.6. The number of aliphatic carboxylic acids is 1. The lowest BCUT2D eigenvalue weighted by molar-refractivity contribution is -0.136. The number of fused-ring (bicyclic) bond motifs is 2. The topological polar surface area (TPSA) is 49.3 Å². The fourth-order valence-electron chi connectivity index (χ4n) is 3.53. The Morgan fingerprint density at radius 3 is 2.56 bits per heavy atom. The largest absolute Gasteiger partial charge is 0.481 e. The number of carbonyl (C=O) groups is 1. The third-order valence-corrected chi connectivity index (χ3v) is 4.40. The van der Waals surface area contributed by atoms with Gasteiger partial charge < -0.3 is 10.4 Å². The third kappa shape index (κ3) is 2.35. The average molecular weight is 245 g/mol. The predicted molar refractivity (Wildman–Crippen MR) is 70.6 cm³/mol. The molecule has 0 spiro atoms. The van der Waals surface area contributed by atoms with E-state index in [9.17, 15) is 4.79 Å². The predicted octanol–water partition coefficient (Wildman–Crippen LogP) is 2.91. The molecule has 2 saturated carbocycles. The van der Waals surface area contributed by atoms with Crippen LogP contribution in [-0.4, -0.2) is 17.1 Å². The number of rotatable bonds is 4. The van der Waals surface area contributed by atoms with Crippen LogP contribution in [0, 0.1) is 11.8 Å². The van der Waals surface area contributed by atoms with Crippen LogP contribution in [0.5, 0.6) is 0 Å². The molecule has 3 nitrogen and oxygen atoms in total. The van der Waals surface area contributed by atoms with E-state index < -0.39 is 5.97 Å². The van der Waals surface area contributed by atoms with Gasteiger partial charge in [0, 0.05) is 11.7 Å². The zero-order chi connectivity index (χ0) is 12.5. The van der Waals surface area contributed by atoms with Crippen LogP contribution in [0.2, 0.25) is 0 Å². The van der Waals surface area contributed by atoms with Crippen molar-refractivity contribution in [3.8, 4) is 0 Å². The monoisotopic (exact) mass is 245 g/mol. The molecule has 96 valence electrons. The molecule has 18 heavy (non-hydrogen) atoms. The van der Waals surface area contributed by atoms with E-state index in [0.717, 1.165) is 23.1 Å². The van der Waals surface area contributed by atoms with Crippen LogP contribution < -0.4 is 5.32 Å². The van der Waals surface area contributed by atoms with Crippen LogP contribution in [0.15, 0.2) is 24.3 Å². The fraction of sp³-hybridized carbons (Fsp3) is 0.533. The summed E-state index contributed by atoms with van der Waals surface area (Å²) in [5.41, 5.74) is 1.99. The molecule has 2 aliphatic carbocycles. The molecule has 0 aliphatic heterocycles. The number of nitrogens with one attached hydrogen (secondary N) is 1. The molecule has 0 radical (unpaired) electrons. The Hall–Kier alpha value is -1.51. The highest BCUT2D eigenvalue weighted by Gasteiger charge is 2.39. The summed E-state index contributed by atoms with van der Waals surface area (Å²) in [6.45, 7) is 0. The van der Waals surface area contributed by atoms with E-state index in [-0.39, 0.29) is 6.42 Å². The van der Waals surface area contributed by atoms with Gasteiger partial charge in [-0.25, -0.2) is 0 Å². The van der Waals surface area contributed by atoms with Gasteiger partial charge in [-0.1, -0.05) is 18.6 Å². The number of benzene rings is 1. The van der Waals surface area contributed by atoms with Crippen molar-refractivity contribution in [2.45, 2.75) is 38.1 Å². The van der Waals surface area contributed by atoms with Crippen LogP contribution in [0.3, 0.4) is 0 Å². The van der Waals surface area contributed by atoms with Crippen molar-refractivity contribution >= 4 is 11.7 Å². The first-order chi connectivity index (χ1) is 8.70. The Labute approximate surface area is 107 Å². The van der Waals surface area contributed by atoms with Crippen LogP contribution in [-0.2, 0) is 11.2 Å². The molecule has 0 amide bonds. The van der Waals surface area contributed by atoms with Crippen LogP contribution in [0.1, 0.15) is 31.2 Å². The number of carboxylic acid groups (broad SMARTS) is 1. The molecule has 0 aromatic heterocycles. The highest BCUT2D eigenvalue weighted by atomic mass is 16.4. The van der Waals surface area contributed by atoms with Crippen LogP contribution >= 0.6 is 0 Å². The van der Waals surface area contributed by atoms with Crippen LogP contribution in [0.25, 0.3) is 0 Å². The van der Waals surface area contributed by atoms with Crippen molar-refractivity contribution in [2.24, 2.45) is 11.8 Å². The van der Waals surface area contributed by atoms with Crippen LogP contribution in [0.4, 0.5) is 5.69 Å². The Bertz CT molecular complexity index is 440. The molecule has 2 aliphatic rings. The Morgan fingerprint density at radius 2 is 2.00 bits per heavy atom. The summed E-state index contributed by atoms with van der Waals surface area (Å²) in [5, 5.41) is 12.3. The number of anilines is 1. The molecule has 3 heteroatoms. The van der Waals surface area contributed by atoms with E-state index in [1.807, 2.05) is 24.3 Å². The molecule has 2 bridgehead atoms. The van der Waals surface area contributed by atoms with E-state index in [2.05, 4.69) is 5.32 Å². The quantitative estimate of drug-likeness (QED) is 0.857. The smallest absolute Gasteiger partial charge is 0.307 e. The summed E-state index contributed by atoms with van der Waals surface area (Å²) in [4.78, 5) is 10.6. The van der Waals surface area contributed by atoms with Gasteiger partial charge in [0.15, 0.2) is 0 Å². The number of carboxylic acids is 1. The molecule has 3 unspecified atom stereocenters. The first-order valence-electron chi connectivity index (χ1n) is 6.78. The van der Waals surface area contributed by atoms with Gasteiger partial charge in [0.2, 0.25) is 0 Å². The molecule has 0 heterocycles. The first kappa shape index (κ1) is 11.6. The normalized spacial score (nSPS) is 29.4. The SMILES string of the molecule is O=C(O)Cc1ccc(NC2CC3CCC2C3)cc1.